The molecule has 0 amide bonds. The molecule has 0 aromatic heterocycles. The summed E-state index contributed by atoms with van der Waals surface area (Å²) in [5.41, 5.74) is 1.19. The molecule has 0 saturated carbocycles. The Morgan fingerprint density at radius 2 is 2.18 bits per heavy atom. The fraction of sp³-hybridized carbons (Fsp3) is 0.357. The number of aliphatic carboxylic acids is 1. The molecule has 0 aliphatic carbocycles. The van der Waals surface area contributed by atoms with Crippen LogP contribution in [0.15, 0.2) is 36.4 Å². The quantitative estimate of drug-likeness (QED) is 0.834. The lowest BCUT2D eigenvalue weighted by molar-refractivity contribution is -0.139. The summed E-state index contributed by atoms with van der Waals surface area (Å²) in [4.78, 5) is 10.8. The molecule has 1 heterocycles. The molecule has 1 aromatic rings. The van der Waals surface area contributed by atoms with Gasteiger partial charge in [-0.15, -0.1) is 0 Å². The molecule has 1 aromatic carbocycles. The number of allylic oxidation sites excluding steroid dienone is 1. The summed E-state index contributed by atoms with van der Waals surface area (Å²) < 4.78 is 0. The lowest BCUT2D eigenvalue weighted by Gasteiger charge is -2.03. The minimum absolute atomic E-state index is 0.356. The van der Waals surface area contributed by atoms with Crippen molar-refractivity contribution in [1.82, 2.24) is 5.32 Å². The van der Waals surface area contributed by atoms with E-state index in [0.29, 0.717) is 5.92 Å². The molecule has 2 atom stereocenters. The van der Waals surface area contributed by atoms with Gasteiger partial charge < -0.3 is 10.4 Å². The van der Waals surface area contributed by atoms with Crippen molar-refractivity contribution in [2.45, 2.75) is 18.9 Å². The van der Waals surface area contributed by atoms with Gasteiger partial charge in [-0.05, 0) is 30.9 Å². The van der Waals surface area contributed by atoms with Gasteiger partial charge in [0.1, 0.15) is 6.04 Å². The maximum absolute atomic E-state index is 10.8. The Balaban J connectivity index is 1.80. The van der Waals surface area contributed by atoms with Crippen molar-refractivity contribution in [2.75, 3.05) is 6.54 Å². The first-order chi connectivity index (χ1) is 8.25. The summed E-state index contributed by atoms with van der Waals surface area (Å²) in [6, 6.07) is 9.78. The van der Waals surface area contributed by atoms with Gasteiger partial charge in [0.2, 0.25) is 0 Å². The summed E-state index contributed by atoms with van der Waals surface area (Å²) in [7, 11) is 0. The highest BCUT2D eigenvalue weighted by atomic mass is 16.4. The number of carbonyl (C=O) groups is 1. The lowest BCUT2D eigenvalue weighted by Crippen LogP contribution is -2.29. The molecule has 3 heteroatoms. The predicted molar refractivity (Wildman–Crippen MR) is 67.6 cm³/mol. The molecule has 1 fully saturated rings. The third-order valence-corrected chi connectivity index (χ3v) is 3.10. The zero-order chi connectivity index (χ0) is 12.1. The number of nitrogens with one attached hydrogen (secondary N) is 1. The van der Waals surface area contributed by atoms with Crippen LogP contribution in [-0.4, -0.2) is 23.7 Å². The van der Waals surface area contributed by atoms with Crippen molar-refractivity contribution in [2.24, 2.45) is 5.92 Å². The Labute approximate surface area is 101 Å². The Morgan fingerprint density at radius 1 is 1.41 bits per heavy atom. The van der Waals surface area contributed by atoms with Crippen LogP contribution in [0.1, 0.15) is 18.4 Å². The Bertz CT molecular complexity index is 400. The molecular weight excluding hydrogens is 214 g/mol. The van der Waals surface area contributed by atoms with E-state index in [9.17, 15) is 4.79 Å². The van der Waals surface area contributed by atoms with Crippen LogP contribution in [0.4, 0.5) is 0 Å². The SMILES string of the molecule is O=C(O)[C@@H]1C[C@@H](CC=Cc2ccccc2)CN1. The average Bonchev–Trinajstić information content (AvgIpc) is 2.79. The Kier molecular flexibility index (Phi) is 3.94. The average molecular weight is 231 g/mol. The minimum atomic E-state index is -0.737. The van der Waals surface area contributed by atoms with E-state index in [4.69, 9.17) is 5.11 Å². The summed E-state index contributed by atoms with van der Waals surface area (Å²) in [6.07, 6.45) is 5.89. The summed E-state index contributed by atoms with van der Waals surface area (Å²) in [5, 5.41) is 11.9. The molecule has 2 rings (SSSR count). The lowest BCUT2D eigenvalue weighted by atomic mass is 10.0. The van der Waals surface area contributed by atoms with Crippen LogP contribution in [-0.2, 0) is 4.79 Å². The van der Waals surface area contributed by atoms with Gasteiger partial charge in [0, 0.05) is 0 Å². The van der Waals surface area contributed by atoms with Gasteiger partial charge in [0.25, 0.3) is 0 Å². The second-order valence-electron chi connectivity index (χ2n) is 4.45. The fourth-order valence-corrected chi connectivity index (χ4v) is 2.14. The van der Waals surface area contributed by atoms with Crippen molar-refractivity contribution in [3.8, 4) is 0 Å². The van der Waals surface area contributed by atoms with Gasteiger partial charge in [-0.25, -0.2) is 0 Å². The van der Waals surface area contributed by atoms with E-state index < -0.39 is 5.97 Å². The second-order valence-corrected chi connectivity index (χ2v) is 4.45. The molecule has 1 aliphatic rings. The van der Waals surface area contributed by atoms with E-state index >= 15 is 0 Å². The van der Waals surface area contributed by atoms with Crippen molar-refractivity contribution < 1.29 is 9.90 Å². The van der Waals surface area contributed by atoms with Crippen LogP contribution >= 0.6 is 0 Å². The molecule has 1 saturated heterocycles. The first kappa shape index (κ1) is 11.9. The highest BCUT2D eigenvalue weighted by molar-refractivity contribution is 5.73. The van der Waals surface area contributed by atoms with Crippen molar-refractivity contribution in [3.05, 3.63) is 42.0 Å². The number of carboxylic acid groups (broad SMARTS) is 1. The standard InChI is InChI=1S/C14H17NO2/c16-14(17)13-9-12(10-15-13)8-4-7-11-5-2-1-3-6-11/h1-7,12-13,15H,8-10H2,(H,16,17)/t12-,13+/m1/s1. The fourth-order valence-electron chi connectivity index (χ4n) is 2.14. The zero-order valence-electron chi connectivity index (χ0n) is 9.67. The third kappa shape index (κ3) is 3.43. The topological polar surface area (TPSA) is 49.3 Å². The van der Waals surface area contributed by atoms with E-state index in [-0.39, 0.29) is 6.04 Å². The van der Waals surface area contributed by atoms with Crippen molar-refractivity contribution >= 4 is 12.0 Å². The van der Waals surface area contributed by atoms with E-state index in [1.165, 1.54) is 5.56 Å². The summed E-state index contributed by atoms with van der Waals surface area (Å²) >= 11 is 0. The first-order valence-electron chi connectivity index (χ1n) is 5.93. The van der Waals surface area contributed by atoms with E-state index in [2.05, 4.69) is 29.6 Å². The summed E-state index contributed by atoms with van der Waals surface area (Å²) in [6.45, 7) is 0.802. The van der Waals surface area contributed by atoms with Crippen LogP contribution in [0.2, 0.25) is 0 Å². The van der Waals surface area contributed by atoms with Crippen LogP contribution in [0.25, 0.3) is 6.08 Å². The highest BCUT2D eigenvalue weighted by Crippen LogP contribution is 2.18. The number of rotatable bonds is 4. The van der Waals surface area contributed by atoms with E-state index in [1.54, 1.807) is 0 Å². The normalized spacial score (nSPS) is 24.2. The van der Waals surface area contributed by atoms with E-state index in [0.717, 1.165) is 19.4 Å². The number of hydrogen-bond acceptors (Lipinski definition) is 2. The van der Waals surface area contributed by atoms with Gasteiger partial charge in [0.05, 0.1) is 0 Å². The molecule has 17 heavy (non-hydrogen) atoms. The monoisotopic (exact) mass is 231 g/mol. The second kappa shape index (κ2) is 5.64. The molecule has 3 nitrogen and oxygen atoms in total. The van der Waals surface area contributed by atoms with Gasteiger partial charge in [-0.3, -0.25) is 4.79 Å². The van der Waals surface area contributed by atoms with Gasteiger partial charge in [-0.2, -0.15) is 0 Å². The number of carboxylic acids is 1. The third-order valence-electron chi connectivity index (χ3n) is 3.10. The number of hydrogen-bond donors (Lipinski definition) is 2. The Morgan fingerprint density at radius 3 is 2.82 bits per heavy atom. The molecule has 0 radical (unpaired) electrons. The molecule has 90 valence electrons. The van der Waals surface area contributed by atoms with Crippen LogP contribution in [0.5, 0.6) is 0 Å². The van der Waals surface area contributed by atoms with Crippen LogP contribution in [0, 0.1) is 5.92 Å². The summed E-state index contributed by atoms with van der Waals surface area (Å²) in [5.74, 6) is -0.296. The van der Waals surface area contributed by atoms with E-state index in [1.807, 2.05) is 18.2 Å². The van der Waals surface area contributed by atoms with Gasteiger partial charge >= 0.3 is 5.97 Å². The molecule has 0 unspecified atom stereocenters. The maximum Gasteiger partial charge on any atom is 0.320 e. The zero-order valence-corrected chi connectivity index (χ0v) is 9.67. The predicted octanol–water partition coefficient (Wildman–Crippen LogP) is 2.15. The number of benzene rings is 1. The minimum Gasteiger partial charge on any atom is -0.480 e. The largest absolute Gasteiger partial charge is 0.480 e. The Hall–Kier alpha value is -1.61. The highest BCUT2D eigenvalue weighted by Gasteiger charge is 2.27. The van der Waals surface area contributed by atoms with Crippen molar-refractivity contribution in [3.63, 3.8) is 0 Å². The molecular formula is C14H17NO2. The molecule has 1 aliphatic heterocycles. The smallest absolute Gasteiger partial charge is 0.320 e. The van der Waals surface area contributed by atoms with Gasteiger partial charge in [0.15, 0.2) is 0 Å². The van der Waals surface area contributed by atoms with Crippen LogP contribution in [0.3, 0.4) is 0 Å². The first-order valence-corrected chi connectivity index (χ1v) is 5.93. The maximum atomic E-state index is 10.8. The van der Waals surface area contributed by atoms with Gasteiger partial charge in [-0.1, -0.05) is 42.5 Å². The van der Waals surface area contributed by atoms with Crippen LogP contribution < -0.4 is 5.32 Å². The molecule has 0 spiro atoms. The molecule has 0 bridgehead atoms. The molecule has 2 N–H and O–H groups in total. The van der Waals surface area contributed by atoms with Crippen molar-refractivity contribution in [1.29, 1.82) is 0 Å².